The molecule has 0 amide bonds. The highest BCUT2D eigenvalue weighted by molar-refractivity contribution is 6.32. The molecule has 0 saturated carbocycles. The van der Waals surface area contributed by atoms with Crippen LogP contribution in [0.5, 0.6) is 0 Å². The number of hydrogen-bond acceptors (Lipinski definition) is 0. The molecule has 4 aromatic rings. The van der Waals surface area contributed by atoms with Crippen LogP contribution in [0.2, 0.25) is 0 Å². The van der Waals surface area contributed by atoms with Gasteiger partial charge >= 0.3 is 0 Å². The van der Waals surface area contributed by atoms with E-state index < -0.39 is 0 Å². The van der Waals surface area contributed by atoms with Crippen LogP contribution >= 0.6 is 0 Å². The van der Waals surface area contributed by atoms with Crippen molar-refractivity contribution in [2.24, 2.45) is 0 Å². The first-order valence-corrected chi connectivity index (χ1v) is 7.75. The summed E-state index contributed by atoms with van der Waals surface area (Å²) in [4.78, 5) is 0. The zero-order chi connectivity index (χ0) is 15.6. The molecule has 106 valence electrons. The van der Waals surface area contributed by atoms with Crippen molar-refractivity contribution in [2.45, 2.75) is 0 Å². The van der Waals surface area contributed by atoms with E-state index in [0.29, 0.717) is 0 Å². The van der Waals surface area contributed by atoms with Crippen LogP contribution in [0.3, 0.4) is 0 Å². The molecule has 0 aliphatic carbocycles. The molecule has 0 spiro atoms. The predicted octanol–water partition coefficient (Wildman–Crippen LogP) is 4.97. The minimum absolute atomic E-state index is 0.793. The highest BCUT2D eigenvalue weighted by Crippen LogP contribution is 2.30. The summed E-state index contributed by atoms with van der Waals surface area (Å²) in [5, 5.41) is 2.56. The average molecular weight is 290 g/mol. The fourth-order valence-electron chi connectivity index (χ4n) is 2.99. The Morgan fingerprint density at radius 1 is 0.478 bits per heavy atom. The summed E-state index contributed by atoms with van der Waals surface area (Å²) in [6, 6.07) is 31.7. The van der Waals surface area contributed by atoms with Gasteiger partial charge in [-0.3, -0.25) is 0 Å². The zero-order valence-electron chi connectivity index (χ0n) is 12.7. The molecule has 0 nitrogen and oxygen atoms in total. The largest absolute Gasteiger partial charge is 0.113 e. The number of fused-ring (bicyclic) bond motifs is 1. The summed E-state index contributed by atoms with van der Waals surface area (Å²) in [6.45, 7) is 0. The van der Waals surface area contributed by atoms with Gasteiger partial charge in [0, 0.05) is 0 Å². The van der Waals surface area contributed by atoms with Crippen LogP contribution in [0.4, 0.5) is 0 Å². The molecule has 0 aliphatic heterocycles. The summed E-state index contributed by atoms with van der Waals surface area (Å²) in [5.74, 6) is 0. The average Bonchev–Trinajstić information content (AvgIpc) is 2.62. The van der Waals surface area contributed by atoms with Crippen molar-refractivity contribution in [3.8, 4) is 22.3 Å². The van der Waals surface area contributed by atoms with Gasteiger partial charge in [0.2, 0.25) is 0 Å². The van der Waals surface area contributed by atoms with Crippen molar-refractivity contribution in [3.63, 3.8) is 0 Å². The molecular weight excluding hydrogens is 275 g/mol. The van der Waals surface area contributed by atoms with Gasteiger partial charge in [-0.2, -0.15) is 0 Å². The van der Waals surface area contributed by atoms with Gasteiger partial charge in [-0.15, -0.1) is 0 Å². The van der Waals surface area contributed by atoms with Crippen LogP contribution in [0.15, 0.2) is 91.0 Å². The van der Waals surface area contributed by atoms with E-state index in [9.17, 15) is 0 Å². The van der Waals surface area contributed by atoms with E-state index in [-0.39, 0.29) is 0 Å². The summed E-state index contributed by atoms with van der Waals surface area (Å²) < 4.78 is 0. The summed E-state index contributed by atoms with van der Waals surface area (Å²) in [5.41, 5.74) is 5.69. The quantitative estimate of drug-likeness (QED) is 0.457. The second kappa shape index (κ2) is 5.77. The summed E-state index contributed by atoms with van der Waals surface area (Å²) in [6.07, 6.45) is 0. The van der Waals surface area contributed by atoms with E-state index in [1.165, 1.54) is 33.0 Å². The lowest BCUT2D eigenvalue weighted by molar-refractivity contribution is 1.61. The Kier molecular flexibility index (Phi) is 3.47. The molecule has 2 radical (unpaired) electrons. The third-order valence-electron chi connectivity index (χ3n) is 4.23. The van der Waals surface area contributed by atoms with Gasteiger partial charge in [0.05, 0.1) is 0 Å². The normalized spacial score (nSPS) is 10.8. The van der Waals surface area contributed by atoms with E-state index in [1.54, 1.807) is 0 Å². The lowest BCUT2D eigenvalue weighted by Gasteiger charge is -2.08. The monoisotopic (exact) mass is 290 g/mol. The molecule has 0 heterocycles. The van der Waals surface area contributed by atoms with Crippen LogP contribution in [0, 0.1) is 0 Å². The van der Waals surface area contributed by atoms with Crippen molar-refractivity contribution in [1.29, 1.82) is 0 Å². The molecule has 23 heavy (non-hydrogen) atoms. The Hall–Kier alpha value is -2.80. The molecule has 4 rings (SSSR count). The Morgan fingerprint density at radius 3 is 1.78 bits per heavy atom. The Balaban J connectivity index is 1.77. The number of benzene rings is 4. The third-order valence-corrected chi connectivity index (χ3v) is 4.23. The molecule has 0 aliphatic rings. The van der Waals surface area contributed by atoms with Crippen molar-refractivity contribution in [2.75, 3.05) is 0 Å². The van der Waals surface area contributed by atoms with Crippen molar-refractivity contribution in [1.82, 2.24) is 0 Å². The Labute approximate surface area is 137 Å². The van der Waals surface area contributed by atoms with Gasteiger partial charge in [0.15, 0.2) is 0 Å². The van der Waals surface area contributed by atoms with E-state index in [2.05, 4.69) is 78.9 Å². The van der Waals surface area contributed by atoms with E-state index in [0.717, 1.165) is 5.46 Å². The Bertz CT molecular complexity index is 946. The molecule has 0 bridgehead atoms. The molecule has 4 aromatic carbocycles. The lowest BCUT2D eigenvalue weighted by Crippen LogP contribution is -1.99. The molecule has 1 heteroatoms. The maximum absolute atomic E-state index is 5.76. The second-order valence-electron chi connectivity index (χ2n) is 5.73. The van der Waals surface area contributed by atoms with Gasteiger partial charge in [-0.1, -0.05) is 96.5 Å². The van der Waals surface area contributed by atoms with Crippen molar-refractivity contribution < 1.29 is 0 Å². The van der Waals surface area contributed by atoms with Crippen molar-refractivity contribution >= 4 is 24.1 Å². The van der Waals surface area contributed by atoms with Gasteiger partial charge in [0.25, 0.3) is 0 Å². The maximum Gasteiger partial charge on any atom is 0.113 e. The van der Waals surface area contributed by atoms with Crippen LogP contribution in [-0.2, 0) is 0 Å². The number of rotatable bonds is 2. The summed E-state index contributed by atoms with van der Waals surface area (Å²) >= 11 is 0. The number of hydrogen-bond donors (Lipinski definition) is 0. The first-order chi connectivity index (χ1) is 11.3. The van der Waals surface area contributed by atoms with E-state index >= 15 is 0 Å². The maximum atomic E-state index is 5.76. The molecule has 0 aromatic heterocycles. The molecular formula is C22H15B. The minimum Gasteiger partial charge on any atom is -0.0966 e. The third kappa shape index (κ3) is 2.66. The van der Waals surface area contributed by atoms with E-state index in [1.807, 2.05) is 12.1 Å². The molecule has 0 saturated heterocycles. The van der Waals surface area contributed by atoms with Gasteiger partial charge in [-0.25, -0.2) is 0 Å². The van der Waals surface area contributed by atoms with Gasteiger partial charge in [0.1, 0.15) is 7.85 Å². The SMILES string of the molecule is [B]c1ccc(-c2ccc(-c3cccc4ccccc34)cc2)cc1. The highest BCUT2D eigenvalue weighted by atomic mass is 14.1. The van der Waals surface area contributed by atoms with Crippen molar-refractivity contribution in [3.05, 3.63) is 91.0 Å². The highest BCUT2D eigenvalue weighted by Gasteiger charge is 2.04. The molecule has 0 atom stereocenters. The van der Waals surface area contributed by atoms with Crippen LogP contribution in [0.25, 0.3) is 33.0 Å². The van der Waals surface area contributed by atoms with E-state index in [4.69, 9.17) is 7.85 Å². The Morgan fingerprint density at radius 2 is 1.04 bits per heavy atom. The van der Waals surface area contributed by atoms with Gasteiger partial charge in [-0.05, 0) is 33.0 Å². The second-order valence-corrected chi connectivity index (χ2v) is 5.73. The predicted molar refractivity (Wildman–Crippen MR) is 100 cm³/mol. The molecule has 0 fully saturated rings. The van der Waals surface area contributed by atoms with Crippen LogP contribution in [-0.4, -0.2) is 7.85 Å². The lowest BCUT2D eigenvalue weighted by atomic mass is 9.93. The smallest absolute Gasteiger partial charge is 0.0966 e. The first kappa shape index (κ1) is 13.8. The molecule has 0 N–H and O–H groups in total. The fraction of sp³-hybridized carbons (Fsp3) is 0. The fourth-order valence-corrected chi connectivity index (χ4v) is 2.99. The topological polar surface area (TPSA) is 0 Å². The van der Waals surface area contributed by atoms with Crippen LogP contribution in [0.1, 0.15) is 0 Å². The minimum atomic E-state index is 0.793. The van der Waals surface area contributed by atoms with Crippen LogP contribution < -0.4 is 5.46 Å². The summed E-state index contributed by atoms with van der Waals surface area (Å²) in [7, 11) is 5.76. The molecule has 0 unspecified atom stereocenters. The zero-order valence-corrected chi connectivity index (χ0v) is 12.7. The standard InChI is InChI=1S/C22H15B/c23-20-14-12-17(13-15-20)16-8-10-19(11-9-16)22-7-3-5-18-4-1-2-6-21(18)22/h1-15H. The first-order valence-electron chi connectivity index (χ1n) is 7.75. The van der Waals surface area contributed by atoms with Gasteiger partial charge < -0.3 is 0 Å².